The molecule has 8 nitrogen and oxygen atoms in total. The number of nitrogens with one attached hydrogen (secondary N) is 1. The molecular weight excluding hydrogens is 405 g/mol. The summed E-state index contributed by atoms with van der Waals surface area (Å²) in [4.78, 5) is 16.4. The average molecular weight is 435 g/mol. The number of carbonyl (C=O) groups excluding carboxylic acids is 1. The predicted molar refractivity (Wildman–Crippen MR) is 127 cm³/mol. The minimum Gasteiger partial charge on any atom is -0.532 e. The number of rotatable bonds is 6. The third-order valence-corrected chi connectivity index (χ3v) is 6.20. The number of hydrogen-bond acceptors (Lipinski definition) is 6. The second kappa shape index (κ2) is 9.20. The highest BCUT2D eigenvalue weighted by atomic mass is 16.5. The summed E-state index contributed by atoms with van der Waals surface area (Å²) in [6.07, 6.45) is 8.05. The number of benzene rings is 1. The predicted octanol–water partition coefficient (Wildman–Crippen LogP) is 3.61. The van der Waals surface area contributed by atoms with Crippen molar-refractivity contribution in [2.45, 2.75) is 45.6 Å². The van der Waals surface area contributed by atoms with Crippen molar-refractivity contribution in [3.05, 3.63) is 41.5 Å². The van der Waals surface area contributed by atoms with E-state index in [-0.39, 0.29) is 17.9 Å². The first-order valence-corrected chi connectivity index (χ1v) is 11.2. The number of aromatic nitrogens is 2. The van der Waals surface area contributed by atoms with Crippen LogP contribution in [-0.2, 0) is 0 Å². The third-order valence-electron chi connectivity index (χ3n) is 6.20. The lowest BCUT2D eigenvalue weighted by atomic mass is 9.78. The molecule has 32 heavy (non-hydrogen) atoms. The second-order valence-corrected chi connectivity index (χ2v) is 8.78. The highest BCUT2D eigenvalue weighted by Gasteiger charge is 2.29. The maximum absolute atomic E-state index is 12.2. The molecule has 0 saturated heterocycles. The molecular formula is C23H30BN5O3. The van der Waals surface area contributed by atoms with Crippen LogP contribution in [0.15, 0.2) is 35.4 Å². The molecule has 2 heterocycles. The number of anilines is 2. The van der Waals surface area contributed by atoms with Gasteiger partial charge >= 0.3 is 7.12 Å². The van der Waals surface area contributed by atoms with Gasteiger partial charge in [-0.05, 0) is 48.5 Å². The van der Waals surface area contributed by atoms with Crippen molar-refractivity contribution in [3.63, 3.8) is 0 Å². The van der Waals surface area contributed by atoms with Crippen LogP contribution >= 0.6 is 0 Å². The fourth-order valence-electron chi connectivity index (χ4n) is 4.65. The van der Waals surface area contributed by atoms with Crippen LogP contribution in [0, 0.1) is 11.8 Å². The lowest BCUT2D eigenvalue weighted by Gasteiger charge is -2.29. The summed E-state index contributed by atoms with van der Waals surface area (Å²) in [5.74, 6) is 2.75. The minimum atomic E-state index is -0.953. The first-order valence-electron chi connectivity index (χ1n) is 11.2. The normalized spacial score (nSPS) is 20.8. The molecule has 1 unspecified atom stereocenters. The van der Waals surface area contributed by atoms with Crippen LogP contribution in [0.2, 0.25) is 0 Å². The first kappa shape index (κ1) is 22.1. The Hall–Kier alpha value is -3.07. The van der Waals surface area contributed by atoms with E-state index < -0.39 is 13.0 Å². The molecule has 1 aliphatic heterocycles. The Kier molecular flexibility index (Phi) is 6.37. The van der Waals surface area contributed by atoms with E-state index in [9.17, 15) is 9.82 Å². The lowest BCUT2D eigenvalue weighted by molar-refractivity contribution is 0.100. The quantitative estimate of drug-likeness (QED) is 0.474. The van der Waals surface area contributed by atoms with Gasteiger partial charge in [-0.3, -0.25) is 9.48 Å². The number of nitrogens with zero attached hydrogens (tertiary/aromatic N) is 3. The lowest BCUT2D eigenvalue weighted by Crippen LogP contribution is -2.25. The zero-order chi connectivity index (χ0) is 22.8. The Balaban J connectivity index is 1.66. The molecule has 1 aromatic carbocycles. The van der Waals surface area contributed by atoms with Crippen LogP contribution in [-0.4, -0.2) is 41.1 Å². The smallest absolute Gasteiger partial charge is 0.532 e. The number of hydrogen-bond donors (Lipinski definition) is 3. The van der Waals surface area contributed by atoms with Gasteiger partial charge in [0.15, 0.2) is 5.82 Å². The summed E-state index contributed by atoms with van der Waals surface area (Å²) in [5.41, 5.74) is 8.70. The zero-order valence-electron chi connectivity index (χ0n) is 18.8. The van der Waals surface area contributed by atoms with Crippen molar-refractivity contribution >= 4 is 36.3 Å². The summed E-state index contributed by atoms with van der Waals surface area (Å²) >= 11 is 0. The average Bonchev–Trinajstić information content (AvgIpc) is 3.18. The molecule has 2 atom stereocenters. The first-order chi connectivity index (χ1) is 15.4. The van der Waals surface area contributed by atoms with Crippen molar-refractivity contribution in [1.29, 1.82) is 0 Å². The van der Waals surface area contributed by atoms with Crippen molar-refractivity contribution in [2.24, 2.45) is 22.6 Å². The molecule has 4 rings (SSSR count). The van der Waals surface area contributed by atoms with Gasteiger partial charge < -0.3 is 25.7 Å². The van der Waals surface area contributed by atoms with E-state index in [0.29, 0.717) is 17.1 Å². The van der Waals surface area contributed by atoms with Crippen molar-refractivity contribution < 1.29 is 14.5 Å². The maximum atomic E-state index is 12.2. The molecule has 9 heteroatoms. The van der Waals surface area contributed by atoms with E-state index in [4.69, 9.17) is 15.5 Å². The van der Waals surface area contributed by atoms with E-state index in [1.54, 1.807) is 19.2 Å². The molecule has 1 amide bonds. The van der Waals surface area contributed by atoms with Gasteiger partial charge in [-0.25, -0.2) is 0 Å². The molecule has 0 spiro atoms. The summed E-state index contributed by atoms with van der Waals surface area (Å²) in [6, 6.07) is 5.75. The summed E-state index contributed by atoms with van der Waals surface area (Å²) < 4.78 is 7.41. The molecule has 0 radical (unpaired) electrons. The van der Waals surface area contributed by atoms with Gasteiger partial charge in [-0.1, -0.05) is 26.7 Å². The Labute approximate surface area is 188 Å². The van der Waals surface area contributed by atoms with E-state index in [1.807, 2.05) is 29.1 Å². The Morgan fingerprint density at radius 1 is 1.41 bits per heavy atom. The third kappa shape index (κ3) is 4.43. The number of carbonyl (C=O) groups is 1. The molecule has 1 aromatic heterocycles. The number of aliphatic imine (C=N–C) groups is 1. The van der Waals surface area contributed by atoms with Crippen LogP contribution in [0.1, 0.15) is 61.5 Å². The largest absolute Gasteiger partial charge is 0.552 e. The zero-order valence-corrected chi connectivity index (χ0v) is 18.8. The Morgan fingerprint density at radius 2 is 2.19 bits per heavy atom. The highest BCUT2D eigenvalue weighted by Crippen LogP contribution is 2.38. The molecule has 168 valence electrons. The highest BCUT2D eigenvalue weighted by molar-refractivity contribution is 6.52. The van der Waals surface area contributed by atoms with Crippen LogP contribution in [0.5, 0.6) is 5.75 Å². The van der Waals surface area contributed by atoms with Crippen molar-refractivity contribution in [2.75, 3.05) is 12.4 Å². The molecule has 1 aliphatic carbocycles. The van der Waals surface area contributed by atoms with Gasteiger partial charge in [0.1, 0.15) is 11.3 Å². The Bertz CT molecular complexity index is 1060. The van der Waals surface area contributed by atoms with Gasteiger partial charge in [0.25, 0.3) is 5.91 Å². The molecule has 0 bridgehead atoms. The van der Waals surface area contributed by atoms with E-state index in [0.717, 1.165) is 36.1 Å². The van der Waals surface area contributed by atoms with Crippen LogP contribution in [0.4, 0.5) is 11.5 Å². The summed E-state index contributed by atoms with van der Waals surface area (Å²) in [5, 5.41) is 18.0. The van der Waals surface area contributed by atoms with Crippen molar-refractivity contribution in [3.8, 4) is 5.75 Å². The second-order valence-electron chi connectivity index (χ2n) is 8.78. The molecule has 2 aromatic rings. The van der Waals surface area contributed by atoms with Crippen LogP contribution < -0.4 is 15.7 Å². The summed E-state index contributed by atoms with van der Waals surface area (Å²) in [7, 11) is 0.834. The fourth-order valence-corrected chi connectivity index (χ4v) is 4.65. The fraction of sp³-hybridized carbons (Fsp3) is 0.435. The number of nitrogens with two attached hydrogens (primary N) is 1. The number of amides is 1. The maximum Gasteiger partial charge on any atom is 0.552 e. The van der Waals surface area contributed by atoms with Gasteiger partial charge in [0, 0.05) is 36.6 Å². The van der Waals surface area contributed by atoms with Gasteiger partial charge in [0.2, 0.25) is 0 Å². The van der Waals surface area contributed by atoms with Gasteiger partial charge in [0.05, 0.1) is 6.04 Å². The summed E-state index contributed by atoms with van der Waals surface area (Å²) in [6.45, 7) is 4.14. The van der Waals surface area contributed by atoms with Crippen LogP contribution in [0.25, 0.3) is 5.57 Å². The number of fused-ring (bicyclic) bond motifs is 1. The SMILES string of the molecule is CN=C[C@H]1CCCCC1n1cc(C(N)=O)c(Nc2ccc3c(c2)C(C(C)C)=CB(O)O3)n1. The monoisotopic (exact) mass is 435 g/mol. The molecule has 4 N–H and O–H groups in total. The molecule has 1 saturated carbocycles. The van der Waals surface area contributed by atoms with E-state index >= 15 is 0 Å². The number of primary amides is 1. The van der Waals surface area contributed by atoms with Gasteiger partial charge in [-0.2, -0.15) is 5.10 Å². The number of allylic oxidation sites excluding steroid dienone is 1. The van der Waals surface area contributed by atoms with E-state index in [1.165, 1.54) is 6.42 Å². The van der Waals surface area contributed by atoms with Crippen molar-refractivity contribution in [1.82, 2.24) is 9.78 Å². The van der Waals surface area contributed by atoms with Gasteiger partial charge in [-0.15, -0.1) is 0 Å². The van der Waals surface area contributed by atoms with Crippen LogP contribution in [0.3, 0.4) is 0 Å². The topological polar surface area (TPSA) is 115 Å². The minimum absolute atomic E-state index is 0.148. The van der Waals surface area contributed by atoms with E-state index in [2.05, 4.69) is 24.2 Å². The molecule has 2 aliphatic rings. The Morgan fingerprint density at radius 3 is 2.91 bits per heavy atom. The molecule has 1 fully saturated rings. The standard InChI is InChI=1S/C23H30BN5O3/c1-14(2)18-11-24(31)32-21-9-8-16(10-17(18)21)27-23-19(22(25)30)13-29(28-23)20-7-5-4-6-15(20)12-26-3/h8-15,20,31H,4-7H2,1-3H3,(H2,25,30)(H,27,28)/t15-,20?/m1/s1.